The number of carbonyl (C=O) groups excluding carboxylic acids is 1. The number of carbonyl (C=O) groups is 1. The molecule has 26 heavy (non-hydrogen) atoms. The third-order valence-corrected chi connectivity index (χ3v) is 4.31. The van der Waals surface area contributed by atoms with Crippen LogP contribution in [-0.2, 0) is 4.79 Å². The molecule has 1 heterocycles. The highest BCUT2D eigenvalue weighted by atomic mass is 35.5. The van der Waals surface area contributed by atoms with Gasteiger partial charge in [0.2, 0.25) is 11.2 Å². The van der Waals surface area contributed by atoms with Crippen LogP contribution in [0.1, 0.15) is 31.7 Å². The molecule has 0 atom stereocenters. The Morgan fingerprint density at radius 3 is 2.58 bits per heavy atom. The number of hydrogen-bond donors (Lipinski definition) is 0. The van der Waals surface area contributed by atoms with E-state index in [4.69, 9.17) is 20.8 Å². The fourth-order valence-corrected chi connectivity index (χ4v) is 2.78. The lowest BCUT2D eigenvalue weighted by atomic mass is 10.1. The Bertz CT molecular complexity index is 1000. The number of halogens is 1. The second-order valence-corrected chi connectivity index (χ2v) is 6.61. The van der Waals surface area contributed by atoms with Gasteiger partial charge in [-0.1, -0.05) is 31.0 Å². The molecule has 3 aromatic rings. The van der Waals surface area contributed by atoms with E-state index in [1.807, 2.05) is 19.9 Å². The van der Waals surface area contributed by atoms with Gasteiger partial charge in [-0.2, -0.15) is 0 Å². The van der Waals surface area contributed by atoms with E-state index in [9.17, 15) is 9.59 Å². The summed E-state index contributed by atoms with van der Waals surface area (Å²) in [5.74, 6) is -0.291. The van der Waals surface area contributed by atoms with Gasteiger partial charge in [0.05, 0.1) is 5.39 Å². The van der Waals surface area contributed by atoms with Crippen LogP contribution >= 0.6 is 11.6 Å². The van der Waals surface area contributed by atoms with Gasteiger partial charge in [-0.15, -0.1) is 0 Å². The van der Waals surface area contributed by atoms with Crippen LogP contribution in [0.25, 0.3) is 22.3 Å². The van der Waals surface area contributed by atoms with Crippen molar-refractivity contribution in [3.8, 4) is 17.1 Å². The molecule has 1 aromatic heterocycles. The number of hydrogen-bond acceptors (Lipinski definition) is 4. The lowest BCUT2D eigenvalue weighted by Crippen LogP contribution is -2.16. The van der Waals surface area contributed by atoms with Crippen LogP contribution in [0.2, 0.25) is 5.02 Å². The first-order chi connectivity index (χ1) is 12.5. The maximum atomic E-state index is 12.9. The van der Waals surface area contributed by atoms with E-state index in [1.165, 1.54) is 0 Å². The van der Waals surface area contributed by atoms with Gasteiger partial charge in [-0.25, -0.2) is 0 Å². The van der Waals surface area contributed by atoms with Crippen molar-refractivity contribution < 1.29 is 13.9 Å². The molecule has 2 aromatic carbocycles. The number of esters is 1. The minimum Gasteiger partial charge on any atom is -0.452 e. The van der Waals surface area contributed by atoms with Crippen molar-refractivity contribution >= 4 is 28.5 Å². The minimum atomic E-state index is -0.444. The monoisotopic (exact) mass is 370 g/mol. The lowest BCUT2D eigenvalue weighted by Gasteiger charge is -2.11. The van der Waals surface area contributed by atoms with Crippen molar-refractivity contribution in [3.63, 3.8) is 0 Å². The van der Waals surface area contributed by atoms with Crippen molar-refractivity contribution in [1.29, 1.82) is 0 Å². The molecule has 0 spiro atoms. The van der Waals surface area contributed by atoms with E-state index in [1.54, 1.807) is 36.4 Å². The van der Waals surface area contributed by atoms with Gasteiger partial charge in [0.1, 0.15) is 5.58 Å². The second-order valence-electron chi connectivity index (χ2n) is 6.17. The van der Waals surface area contributed by atoms with Crippen LogP contribution in [0, 0.1) is 6.92 Å². The molecule has 0 fully saturated rings. The van der Waals surface area contributed by atoms with E-state index in [2.05, 4.69) is 0 Å². The Morgan fingerprint density at radius 2 is 1.88 bits per heavy atom. The van der Waals surface area contributed by atoms with E-state index in [0.717, 1.165) is 12.0 Å². The Morgan fingerprint density at radius 1 is 1.15 bits per heavy atom. The van der Waals surface area contributed by atoms with Crippen LogP contribution in [0.3, 0.4) is 0 Å². The van der Waals surface area contributed by atoms with Crippen LogP contribution in [0.5, 0.6) is 5.75 Å². The molecule has 0 saturated carbocycles. The Labute approximate surface area is 156 Å². The maximum Gasteiger partial charge on any atom is 0.311 e. The molecular formula is C21H19ClO4. The molecular weight excluding hydrogens is 352 g/mol. The van der Waals surface area contributed by atoms with Crippen molar-refractivity contribution in [3.05, 3.63) is 63.3 Å². The minimum absolute atomic E-state index is 0.0789. The van der Waals surface area contributed by atoms with Crippen LogP contribution in [0.15, 0.2) is 51.7 Å². The number of rotatable bonds is 5. The lowest BCUT2D eigenvalue weighted by molar-refractivity contribution is -0.134. The predicted molar refractivity (Wildman–Crippen MR) is 103 cm³/mol. The van der Waals surface area contributed by atoms with Gasteiger partial charge < -0.3 is 9.15 Å². The van der Waals surface area contributed by atoms with Gasteiger partial charge in [0, 0.05) is 17.0 Å². The molecule has 5 heteroatoms. The summed E-state index contributed by atoms with van der Waals surface area (Å²) < 4.78 is 11.4. The van der Waals surface area contributed by atoms with Crippen LogP contribution < -0.4 is 10.2 Å². The molecule has 0 amide bonds. The number of ether oxygens (including phenoxy) is 1. The SMILES string of the molecule is CCCCC(=O)Oc1c(-c2ccc(Cl)cc2)oc2cc(C)ccc2c1=O. The smallest absolute Gasteiger partial charge is 0.311 e. The highest BCUT2D eigenvalue weighted by Gasteiger charge is 2.20. The summed E-state index contributed by atoms with van der Waals surface area (Å²) in [7, 11) is 0. The molecule has 0 aliphatic heterocycles. The summed E-state index contributed by atoms with van der Waals surface area (Å²) in [6, 6.07) is 12.1. The number of unbranched alkanes of at least 4 members (excludes halogenated alkanes) is 1. The summed E-state index contributed by atoms with van der Waals surface area (Å²) in [5, 5.41) is 0.945. The van der Waals surface area contributed by atoms with Crippen molar-refractivity contribution in [2.24, 2.45) is 0 Å². The fourth-order valence-electron chi connectivity index (χ4n) is 2.65. The van der Waals surface area contributed by atoms with Gasteiger partial charge in [-0.3, -0.25) is 9.59 Å². The molecule has 4 nitrogen and oxygen atoms in total. The topological polar surface area (TPSA) is 56.5 Å². The van der Waals surface area contributed by atoms with E-state index in [0.29, 0.717) is 28.0 Å². The summed E-state index contributed by atoms with van der Waals surface area (Å²) in [6.07, 6.45) is 1.82. The third kappa shape index (κ3) is 3.81. The molecule has 0 aliphatic rings. The van der Waals surface area contributed by atoms with Crippen molar-refractivity contribution in [2.75, 3.05) is 0 Å². The molecule has 0 radical (unpaired) electrons. The van der Waals surface area contributed by atoms with E-state index >= 15 is 0 Å². The van der Waals surface area contributed by atoms with Crippen molar-refractivity contribution in [1.82, 2.24) is 0 Å². The van der Waals surface area contributed by atoms with Gasteiger partial charge in [-0.05, 0) is 55.3 Å². The maximum absolute atomic E-state index is 12.9. The van der Waals surface area contributed by atoms with Crippen LogP contribution in [-0.4, -0.2) is 5.97 Å². The van der Waals surface area contributed by atoms with Gasteiger partial charge >= 0.3 is 5.97 Å². The van der Waals surface area contributed by atoms with Gasteiger partial charge in [0.15, 0.2) is 5.76 Å². The first kappa shape index (κ1) is 18.2. The molecule has 0 unspecified atom stereocenters. The first-order valence-corrected chi connectivity index (χ1v) is 8.91. The summed E-state index contributed by atoms with van der Waals surface area (Å²) in [5.41, 5.74) is 1.68. The highest BCUT2D eigenvalue weighted by molar-refractivity contribution is 6.30. The Balaban J connectivity index is 2.18. The number of fused-ring (bicyclic) bond motifs is 1. The van der Waals surface area contributed by atoms with Gasteiger partial charge in [0.25, 0.3) is 0 Å². The third-order valence-electron chi connectivity index (χ3n) is 4.06. The zero-order valence-corrected chi connectivity index (χ0v) is 15.4. The largest absolute Gasteiger partial charge is 0.452 e. The van der Waals surface area contributed by atoms with Crippen molar-refractivity contribution in [2.45, 2.75) is 33.1 Å². The van der Waals surface area contributed by atoms with Crippen LogP contribution in [0.4, 0.5) is 0 Å². The standard InChI is InChI=1S/C21H19ClO4/c1-3-4-5-18(23)26-21-19(24)16-11-6-13(2)12-17(16)25-20(21)14-7-9-15(22)10-8-14/h6-12H,3-5H2,1-2H3. The Hall–Kier alpha value is -2.59. The molecule has 0 saturated heterocycles. The first-order valence-electron chi connectivity index (χ1n) is 8.53. The quantitative estimate of drug-likeness (QED) is 0.555. The highest BCUT2D eigenvalue weighted by Crippen LogP contribution is 2.32. The van der Waals surface area contributed by atoms with E-state index in [-0.39, 0.29) is 23.4 Å². The zero-order valence-electron chi connectivity index (χ0n) is 14.7. The molecule has 0 N–H and O–H groups in total. The molecule has 3 rings (SSSR count). The summed E-state index contributed by atoms with van der Waals surface area (Å²) >= 11 is 5.95. The fraction of sp³-hybridized carbons (Fsp3) is 0.238. The average Bonchev–Trinajstić information content (AvgIpc) is 2.62. The molecule has 0 aliphatic carbocycles. The summed E-state index contributed by atoms with van der Waals surface area (Å²) in [4.78, 5) is 25.1. The summed E-state index contributed by atoms with van der Waals surface area (Å²) in [6.45, 7) is 3.90. The number of benzene rings is 2. The number of aryl methyl sites for hydroxylation is 1. The normalized spacial score (nSPS) is 10.9. The van der Waals surface area contributed by atoms with E-state index < -0.39 is 5.97 Å². The second kappa shape index (κ2) is 7.75. The molecule has 0 bridgehead atoms. The predicted octanol–water partition coefficient (Wildman–Crippen LogP) is 5.52. The molecule has 134 valence electrons. The Kier molecular flexibility index (Phi) is 5.43. The average molecular weight is 371 g/mol. The zero-order chi connectivity index (χ0) is 18.7.